The molecule has 1 aromatic heterocycles. The van der Waals surface area contributed by atoms with E-state index in [-0.39, 0.29) is 5.75 Å². The Balaban J connectivity index is 2.34. The number of hydrogen-bond donors (Lipinski definition) is 1. The summed E-state index contributed by atoms with van der Waals surface area (Å²) in [5.74, 6) is 0.139. The quantitative estimate of drug-likeness (QED) is 0.850. The summed E-state index contributed by atoms with van der Waals surface area (Å²) >= 11 is 6.57. The number of hydrogen-bond acceptors (Lipinski definition) is 4. The number of phenols is 1. The fraction of sp³-hybridized carbons (Fsp3) is 0. The van der Waals surface area contributed by atoms with Crippen LogP contribution in [-0.2, 0) is 0 Å². The van der Waals surface area contributed by atoms with Crippen LogP contribution in [0.15, 0.2) is 38.8 Å². The van der Waals surface area contributed by atoms with Gasteiger partial charge in [0.1, 0.15) is 18.4 Å². The van der Waals surface area contributed by atoms with Crippen molar-refractivity contribution in [3.63, 3.8) is 0 Å². The minimum atomic E-state index is 0.139. The lowest BCUT2D eigenvalue weighted by Gasteiger charge is -2.02. The molecule has 82 valence electrons. The second kappa shape index (κ2) is 4.75. The standard InChI is InChI=1S/C9H6Br2N4O/c10-7-1-6(9(16)8(11)2-7)3-14-15-4-12-13-5-15/h1-5,16H/b14-3-. The Morgan fingerprint density at radius 1 is 1.25 bits per heavy atom. The van der Waals surface area contributed by atoms with Crippen molar-refractivity contribution in [1.29, 1.82) is 0 Å². The Morgan fingerprint density at radius 3 is 2.62 bits per heavy atom. The number of phenolic OH excluding ortho intramolecular Hbond substituents is 1. The molecule has 1 N–H and O–H groups in total. The van der Waals surface area contributed by atoms with E-state index in [9.17, 15) is 5.11 Å². The third-order valence-electron chi connectivity index (χ3n) is 1.79. The molecule has 0 bridgehead atoms. The molecule has 0 aliphatic rings. The summed E-state index contributed by atoms with van der Waals surface area (Å²) in [4.78, 5) is 0. The molecule has 0 unspecified atom stereocenters. The average molecular weight is 346 g/mol. The summed E-state index contributed by atoms with van der Waals surface area (Å²) in [7, 11) is 0. The van der Waals surface area contributed by atoms with Crippen LogP contribution in [0.25, 0.3) is 0 Å². The average Bonchev–Trinajstić information content (AvgIpc) is 2.74. The molecule has 0 fully saturated rings. The van der Waals surface area contributed by atoms with Crippen molar-refractivity contribution in [2.75, 3.05) is 0 Å². The maximum atomic E-state index is 9.75. The van der Waals surface area contributed by atoms with Gasteiger partial charge in [0.15, 0.2) is 0 Å². The molecule has 1 heterocycles. The molecule has 16 heavy (non-hydrogen) atoms. The van der Waals surface area contributed by atoms with Crippen LogP contribution in [0.1, 0.15) is 5.56 Å². The molecule has 0 aliphatic carbocycles. The Morgan fingerprint density at radius 2 is 1.94 bits per heavy atom. The molecule has 0 spiro atoms. The van der Waals surface area contributed by atoms with Crippen molar-refractivity contribution >= 4 is 38.1 Å². The van der Waals surface area contributed by atoms with Crippen LogP contribution in [-0.4, -0.2) is 26.2 Å². The van der Waals surface area contributed by atoms with E-state index >= 15 is 0 Å². The fourth-order valence-electron chi connectivity index (χ4n) is 1.07. The maximum Gasteiger partial charge on any atom is 0.141 e. The highest BCUT2D eigenvalue weighted by Crippen LogP contribution is 2.30. The first-order chi connectivity index (χ1) is 7.66. The smallest absolute Gasteiger partial charge is 0.141 e. The highest BCUT2D eigenvalue weighted by atomic mass is 79.9. The van der Waals surface area contributed by atoms with E-state index in [2.05, 4.69) is 47.2 Å². The van der Waals surface area contributed by atoms with Crippen LogP contribution < -0.4 is 0 Å². The Kier molecular flexibility index (Phi) is 3.35. The number of aromatic hydroxyl groups is 1. The van der Waals surface area contributed by atoms with Gasteiger partial charge in [-0.15, -0.1) is 10.2 Å². The molecular formula is C9H6Br2N4O. The Hall–Kier alpha value is -1.21. The van der Waals surface area contributed by atoms with Crippen molar-refractivity contribution < 1.29 is 5.11 Å². The van der Waals surface area contributed by atoms with E-state index in [1.165, 1.54) is 23.5 Å². The topological polar surface area (TPSA) is 63.3 Å². The molecule has 1 aromatic carbocycles. The van der Waals surface area contributed by atoms with Gasteiger partial charge >= 0.3 is 0 Å². The summed E-state index contributed by atoms with van der Waals surface area (Å²) in [6.45, 7) is 0. The molecule has 0 radical (unpaired) electrons. The number of nitrogens with zero attached hydrogens (tertiary/aromatic N) is 4. The van der Waals surface area contributed by atoms with Gasteiger partial charge in [-0.05, 0) is 28.1 Å². The van der Waals surface area contributed by atoms with Gasteiger partial charge in [0.2, 0.25) is 0 Å². The molecule has 5 nitrogen and oxygen atoms in total. The van der Waals surface area contributed by atoms with E-state index in [4.69, 9.17) is 0 Å². The van der Waals surface area contributed by atoms with Crippen molar-refractivity contribution in [2.45, 2.75) is 0 Å². The van der Waals surface area contributed by atoms with Gasteiger partial charge < -0.3 is 5.11 Å². The Labute approximate surface area is 108 Å². The van der Waals surface area contributed by atoms with Crippen molar-refractivity contribution in [2.24, 2.45) is 5.10 Å². The zero-order chi connectivity index (χ0) is 11.5. The summed E-state index contributed by atoms with van der Waals surface area (Å²) in [6.07, 6.45) is 4.44. The van der Waals surface area contributed by atoms with E-state index in [1.54, 1.807) is 12.1 Å². The predicted molar refractivity (Wildman–Crippen MR) is 66.5 cm³/mol. The van der Waals surface area contributed by atoms with Crippen molar-refractivity contribution in [3.8, 4) is 5.75 Å². The molecule has 2 aromatic rings. The first-order valence-corrected chi connectivity index (χ1v) is 5.82. The summed E-state index contributed by atoms with van der Waals surface area (Å²) in [5, 5.41) is 21.0. The molecule has 0 saturated heterocycles. The summed E-state index contributed by atoms with van der Waals surface area (Å²) < 4.78 is 2.89. The molecular weight excluding hydrogens is 340 g/mol. The van der Waals surface area contributed by atoms with Crippen molar-refractivity contribution in [1.82, 2.24) is 14.9 Å². The van der Waals surface area contributed by atoms with Crippen molar-refractivity contribution in [3.05, 3.63) is 39.3 Å². The molecule has 0 saturated carbocycles. The van der Waals surface area contributed by atoms with Gasteiger partial charge in [-0.1, -0.05) is 15.9 Å². The van der Waals surface area contributed by atoms with E-state index in [1.807, 2.05) is 0 Å². The lowest BCUT2D eigenvalue weighted by Crippen LogP contribution is -1.89. The maximum absolute atomic E-state index is 9.75. The first-order valence-electron chi connectivity index (χ1n) is 4.24. The van der Waals surface area contributed by atoms with E-state index < -0.39 is 0 Å². The van der Waals surface area contributed by atoms with Gasteiger partial charge in [-0.2, -0.15) is 5.10 Å². The third kappa shape index (κ3) is 2.48. The predicted octanol–water partition coefficient (Wildman–Crippen LogP) is 2.39. The van der Waals surface area contributed by atoms with Crippen LogP contribution >= 0.6 is 31.9 Å². The first kappa shape index (κ1) is 11.3. The van der Waals surface area contributed by atoms with Crippen LogP contribution in [0, 0.1) is 0 Å². The van der Waals surface area contributed by atoms with Crippen LogP contribution in [0.4, 0.5) is 0 Å². The van der Waals surface area contributed by atoms with Crippen LogP contribution in [0.2, 0.25) is 0 Å². The molecule has 0 aliphatic heterocycles. The van der Waals surface area contributed by atoms with E-state index in [0.29, 0.717) is 10.0 Å². The monoisotopic (exact) mass is 344 g/mol. The summed E-state index contributed by atoms with van der Waals surface area (Å²) in [5.41, 5.74) is 0.593. The lowest BCUT2D eigenvalue weighted by atomic mass is 10.2. The normalized spacial score (nSPS) is 11.1. The van der Waals surface area contributed by atoms with Crippen LogP contribution in [0.3, 0.4) is 0 Å². The van der Waals surface area contributed by atoms with Gasteiger partial charge in [-0.3, -0.25) is 0 Å². The van der Waals surface area contributed by atoms with E-state index in [0.717, 1.165) is 4.47 Å². The number of rotatable bonds is 2. The number of benzene rings is 1. The minimum absolute atomic E-state index is 0.139. The second-order valence-electron chi connectivity index (χ2n) is 2.91. The second-order valence-corrected chi connectivity index (χ2v) is 4.68. The minimum Gasteiger partial charge on any atom is -0.506 e. The molecule has 2 rings (SSSR count). The highest BCUT2D eigenvalue weighted by Gasteiger charge is 2.05. The number of aromatic nitrogens is 3. The molecule has 7 heteroatoms. The zero-order valence-corrected chi connectivity index (χ0v) is 11.1. The fourth-order valence-corrected chi connectivity index (χ4v) is 2.33. The highest BCUT2D eigenvalue weighted by molar-refractivity contribution is 9.11. The van der Waals surface area contributed by atoms with Gasteiger partial charge in [0.25, 0.3) is 0 Å². The molecule has 0 atom stereocenters. The largest absolute Gasteiger partial charge is 0.506 e. The third-order valence-corrected chi connectivity index (χ3v) is 2.86. The zero-order valence-electron chi connectivity index (χ0n) is 7.88. The Bertz CT molecular complexity index is 525. The number of halogens is 2. The van der Waals surface area contributed by atoms with Gasteiger partial charge in [0.05, 0.1) is 10.7 Å². The van der Waals surface area contributed by atoms with Gasteiger partial charge in [0, 0.05) is 10.0 Å². The lowest BCUT2D eigenvalue weighted by molar-refractivity contribution is 0.471. The van der Waals surface area contributed by atoms with Crippen LogP contribution in [0.5, 0.6) is 5.75 Å². The SMILES string of the molecule is Oc1c(Br)cc(Br)cc1/C=N\n1cnnc1. The summed E-state index contributed by atoms with van der Waals surface area (Å²) in [6, 6.07) is 3.51. The molecule has 0 amide bonds. The van der Waals surface area contributed by atoms with Gasteiger partial charge in [-0.25, -0.2) is 4.68 Å².